The summed E-state index contributed by atoms with van der Waals surface area (Å²) in [6, 6.07) is 11.5. The fourth-order valence-corrected chi connectivity index (χ4v) is 1.93. The Morgan fingerprint density at radius 1 is 1.07 bits per heavy atom. The lowest BCUT2D eigenvalue weighted by molar-refractivity contribution is 1.31. The fraction of sp³-hybridized carbons (Fsp3) is 0. The normalized spacial score (nSPS) is 10.1. The molecular formula is C11H7BrClN. The van der Waals surface area contributed by atoms with Crippen molar-refractivity contribution >= 4 is 27.5 Å². The highest BCUT2D eigenvalue weighted by atomic mass is 79.9. The van der Waals surface area contributed by atoms with E-state index in [1.54, 1.807) is 6.20 Å². The molecule has 1 aromatic carbocycles. The van der Waals surface area contributed by atoms with Crippen molar-refractivity contribution in [3.8, 4) is 11.3 Å². The first kappa shape index (κ1) is 9.69. The number of pyridine rings is 1. The third kappa shape index (κ3) is 1.81. The highest BCUT2D eigenvalue weighted by molar-refractivity contribution is 9.10. The maximum Gasteiger partial charge on any atom is 0.0858 e. The van der Waals surface area contributed by atoms with Crippen LogP contribution in [0.3, 0.4) is 0 Å². The third-order valence-corrected chi connectivity index (χ3v) is 2.86. The minimum atomic E-state index is 0.715. The Hall–Kier alpha value is -0.860. The summed E-state index contributed by atoms with van der Waals surface area (Å²) in [6.45, 7) is 0. The van der Waals surface area contributed by atoms with E-state index in [0.717, 1.165) is 15.7 Å². The Morgan fingerprint density at radius 3 is 2.57 bits per heavy atom. The maximum absolute atomic E-state index is 6.07. The number of aromatic nitrogens is 1. The lowest BCUT2D eigenvalue weighted by Crippen LogP contribution is -1.84. The van der Waals surface area contributed by atoms with Crippen LogP contribution in [0.4, 0.5) is 0 Å². The van der Waals surface area contributed by atoms with Crippen LogP contribution in [0.25, 0.3) is 11.3 Å². The van der Waals surface area contributed by atoms with Gasteiger partial charge in [-0.25, -0.2) is 0 Å². The minimum Gasteiger partial charge on any atom is -0.255 e. The van der Waals surface area contributed by atoms with Gasteiger partial charge in [0.25, 0.3) is 0 Å². The van der Waals surface area contributed by atoms with E-state index in [1.165, 1.54) is 0 Å². The van der Waals surface area contributed by atoms with Crippen LogP contribution in [0.1, 0.15) is 0 Å². The van der Waals surface area contributed by atoms with Gasteiger partial charge < -0.3 is 0 Å². The molecule has 0 saturated heterocycles. The molecule has 0 fully saturated rings. The highest BCUT2D eigenvalue weighted by Crippen LogP contribution is 2.30. The van der Waals surface area contributed by atoms with Crippen LogP contribution in [0.5, 0.6) is 0 Å². The maximum atomic E-state index is 6.07. The van der Waals surface area contributed by atoms with E-state index in [-0.39, 0.29) is 0 Å². The van der Waals surface area contributed by atoms with Crippen molar-refractivity contribution < 1.29 is 0 Å². The summed E-state index contributed by atoms with van der Waals surface area (Å²) in [7, 11) is 0. The summed E-state index contributed by atoms with van der Waals surface area (Å²) in [5.41, 5.74) is 1.82. The van der Waals surface area contributed by atoms with Crippen LogP contribution in [0.15, 0.2) is 47.1 Å². The number of hydrogen-bond donors (Lipinski definition) is 0. The van der Waals surface area contributed by atoms with Crippen LogP contribution in [-0.4, -0.2) is 4.98 Å². The standard InChI is InChI=1S/C11H7BrClN/c12-9-5-3-7-14-11(9)8-4-1-2-6-10(8)13/h1-7H. The van der Waals surface area contributed by atoms with E-state index in [1.807, 2.05) is 36.4 Å². The lowest BCUT2D eigenvalue weighted by atomic mass is 10.1. The summed E-state index contributed by atoms with van der Waals surface area (Å²) in [4.78, 5) is 4.28. The first-order valence-electron chi connectivity index (χ1n) is 4.14. The van der Waals surface area contributed by atoms with Gasteiger partial charge in [-0.15, -0.1) is 0 Å². The van der Waals surface area contributed by atoms with Gasteiger partial charge in [-0.1, -0.05) is 29.8 Å². The molecule has 0 unspecified atom stereocenters. The zero-order chi connectivity index (χ0) is 9.97. The van der Waals surface area contributed by atoms with Gasteiger partial charge in [0.05, 0.1) is 5.69 Å². The van der Waals surface area contributed by atoms with Gasteiger partial charge in [0.2, 0.25) is 0 Å². The van der Waals surface area contributed by atoms with Crippen LogP contribution < -0.4 is 0 Å². The summed E-state index contributed by atoms with van der Waals surface area (Å²) in [5.74, 6) is 0. The highest BCUT2D eigenvalue weighted by Gasteiger charge is 2.06. The van der Waals surface area contributed by atoms with Crippen LogP contribution in [0.2, 0.25) is 5.02 Å². The Morgan fingerprint density at radius 2 is 1.86 bits per heavy atom. The van der Waals surface area contributed by atoms with Crippen molar-refractivity contribution in [2.45, 2.75) is 0 Å². The SMILES string of the molecule is Clc1ccccc1-c1ncccc1Br. The Labute approximate surface area is 95.9 Å². The van der Waals surface area contributed by atoms with Gasteiger partial charge in [-0.2, -0.15) is 0 Å². The molecule has 3 heteroatoms. The molecule has 2 rings (SSSR count). The molecule has 2 aromatic rings. The summed E-state index contributed by atoms with van der Waals surface area (Å²) in [6.07, 6.45) is 1.75. The van der Waals surface area contributed by atoms with Crippen molar-refractivity contribution in [1.29, 1.82) is 0 Å². The van der Waals surface area contributed by atoms with Gasteiger partial charge in [0, 0.05) is 21.3 Å². The minimum absolute atomic E-state index is 0.715. The largest absolute Gasteiger partial charge is 0.255 e. The first-order chi connectivity index (χ1) is 6.79. The Kier molecular flexibility index (Phi) is 2.85. The van der Waals surface area contributed by atoms with Gasteiger partial charge in [-0.3, -0.25) is 4.98 Å². The smallest absolute Gasteiger partial charge is 0.0858 e. The first-order valence-corrected chi connectivity index (χ1v) is 5.31. The number of rotatable bonds is 1. The van der Waals surface area contributed by atoms with Gasteiger partial charge in [0.15, 0.2) is 0 Å². The average Bonchev–Trinajstić information content (AvgIpc) is 2.20. The molecular weight excluding hydrogens is 261 g/mol. The second kappa shape index (κ2) is 4.11. The third-order valence-electron chi connectivity index (χ3n) is 1.89. The molecule has 0 amide bonds. The molecule has 0 bridgehead atoms. The van der Waals surface area contributed by atoms with Gasteiger partial charge in [0.1, 0.15) is 0 Å². The quantitative estimate of drug-likeness (QED) is 0.756. The molecule has 1 nitrogen and oxygen atoms in total. The van der Waals surface area contributed by atoms with Crippen LogP contribution in [0, 0.1) is 0 Å². The molecule has 70 valence electrons. The van der Waals surface area contributed by atoms with E-state index in [9.17, 15) is 0 Å². The second-order valence-corrected chi connectivity index (χ2v) is 4.08. The predicted molar refractivity (Wildman–Crippen MR) is 62.4 cm³/mol. The predicted octanol–water partition coefficient (Wildman–Crippen LogP) is 4.16. The average molecular weight is 269 g/mol. The van der Waals surface area contributed by atoms with Crippen LogP contribution >= 0.6 is 27.5 Å². The van der Waals surface area contributed by atoms with Crippen molar-refractivity contribution in [3.63, 3.8) is 0 Å². The van der Waals surface area contributed by atoms with Crippen LogP contribution in [-0.2, 0) is 0 Å². The summed E-state index contributed by atoms with van der Waals surface area (Å²) in [5, 5.41) is 0.715. The molecule has 0 N–H and O–H groups in total. The lowest BCUT2D eigenvalue weighted by Gasteiger charge is -2.04. The molecule has 1 heterocycles. The monoisotopic (exact) mass is 267 g/mol. The molecule has 0 saturated carbocycles. The van der Waals surface area contributed by atoms with E-state index in [0.29, 0.717) is 5.02 Å². The zero-order valence-corrected chi connectivity index (χ0v) is 9.59. The molecule has 0 atom stereocenters. The molecule has 14 heavy (non-hydrogen) atoms. The van der Waals surface area contributed by atoms with Crippen molar-refractivity contribution in [3.05, 3.63) is 52.1 Å². The molecule has 0 spiro atoms. The fourth-order valence-electron chi connectivity index (χ4n) is 1.24. The van der Waals surface area contributed by atoms with E-state index in [4.69, 9.17) is 11.6 Å². The molecule has 0 aliphatic rings. The molecule has 1 aromatic heterocycles. The van der Waals surface area contributed by atoms with Crippen molar-refractivity contribution in [2.24, 2.45) is 0 Å². The van der Waals surface area contributed by atoms with Gasteiger partial charge in [-0.05, 0) is 34.1 Å². The Balaban J connectivity index is 2.61. The number of benzene rings is 1. The molecule has 0 aliphatic carbocycles. The van der Waals surface area contributed by atoms with Gasteiger partial charge >= 0.3 is 0 Å². The second-order valence-electron chi connectivity index (χ2n) is 2.81. The summed E-state index contributed by atoms with van der Waals surface area (Å²) < 4.78 is 0.952. The summed E-state index contributed by atoms with van der Waals surface area (Å²) >= 11 is 9.52. The number of nitrogens with zero attached hydrogens (tertiary/aromatic N) is 1. The van der Waals surface area contributed by atoms with E-state index < -0.39 is 0 Å². The van der Waals surface area contributed by atoms with E-state index >= 15 is 0 Å². The molecule has 0 aliphatic heterocycles. The topological polar surface area (TPSA) is 12.9 Å². The zero-order valence-electron chi connectivity index (χ0n) is 7.24. The van der Waals surface area contributed by atoms with E-state index in [2.05, 4.69) is 20.9 Å². The Bertz CT molecular complexity index is 413. The van der Waals surface area contributed by atoms with Crippen molar-refractivity contribution in [2.75, 3.05) is 0 Å². The number of halogens is 2. The number of hydrogen-bond acceptors (Lipinski definition) is 1. The van der Waals surface area contributed by atoms with Crippen molar-refractivity contribution in [1.82, 2.24) is 4.98 Å². The molecule has 0 radical (unpaired) electrons.